The molecule has 18 heavy (non-hydrogen) atoms. The van der Waals surface area contributed by atoms with Crippen molar-refractivity contribution < 1.29 is 9.90 Å². The lowest BCUT2D eigenvalue weighted by atomic mass is 9.97. The van der Waals surface area contributed by atoms with Crippen LogP contribution >= 0.6 is 0 Å². The topological polar surface area (TPSA) is 40.5 Å². The first-order chi connectivity index (χ1) is 8.70. The number of hydrogen-bond donors (Lipinski definition) is 1. The Morgan fingerprint density at radius 3 is 2.33 bits per heavy atom. The highest BCUT2D eigenvalue weighted by molar-refractivity contribution is 5.99. The molecule has 3 rings (SSSR count). The molecular weight excluding hydrogens is 226 g/mol. The van der Waals surface area contributed by atoms with E-state index in [1.54, 1.807) is 24.1 Å². The van der Waals surface area contributed by atoms with Gasteiger partial charge in [-0.25, -0.2) is 0 Å². The third-order valence-corrected chi connectivity index (χ3v) is 3.42. The van der Waals surface area contributed by atoms with Gasteiger partial charge in [-0.1, -0.05) is 36.4 Å². The number of nitrogens with zero attached hydrogens (tertiary/aromatic N) is 1. The van der Waals surface area contributed by atoms with Gasteiger partial charge in [-0.15, -0.1) is 0 Å². The lowest BCUT2D eigenvalue weighted by molar-refractivity contribution is 0.0793. The summed E-state index contributed by atoms with van der Waals surface area (Å²) in [4.78, 5) is 13.8. The van der Waals surface area contributed by atoms with Crippen LogP contribution in [0.5, 0.6) is 5.75 Å². The molecule has 1 atom stereocenters. The monoisotopic (exact) mass is 239 g/mol. The van der Waals surface area contributed by atoms with Crippen molar-refractivity contribution in [2.75, 3.05) is 7.05 Å². The molecule has 0 aliphatic carbocycles. The first-order valence-electron chi connectivity index (χ1n) is 5.84. The predicted octanol–water partition coefficient (Wildman–Crippen LogP) is 2.57. The number of fused-ring (bicyclic) bond motifs is 1. The second-order valence-corrected chi connectivity index (χ2v) is 4.46. The molecule has 0 saturated carbocycles. The summed E-state index contributed by atoms with van der Waals surface area (Å²) in [6, 6.07) is 14.5. The van der Waals surface area contributed by atoms with E-state index in [0.29, 0.717) is 5.56 Å². The zero-order chi connectivity index (χ0) is 12.7. The second kappa shape index (κ2) is 3.88. The quantitative estimate of drug-likeness (QED) is 0.830. The summed E-state index contributed by atoms with van der Waals surface area (Å²) in [6.07, 6.45) is 0. The van der Waals surface area contributed by atoms with Crippen LogP contribution in [0, 0.1) is 0 Å². The number of aromatic hydroxyl groups is 1. The number of carbonyl (C=O) groups is 1. The van der Waals surface area contributed by atoms with Crippen LogP contribution in [-0.2, 0) is 0 Å². The number of phenolic OH excluding ortho intramolecular Hbond substituents is 1. The minimum atomic E-state index is -0.199. The van der Waals surface area contributed by atoms with Crippen LogP contribution in [0.25, 0.3) is 0 Å². The molecule has 3 heteroatoms. The van der Waals surface area contributed by atoms with Crippen LogP contribution in [0.15, 0.2) is 48.5 Å². The van der Waals surface area contributed by atoms with Gasteiger partial charge in [0, 0.05) is 18.2 Å². The third-order valence-electron chi connectivity index (χ3n) is 3.42. The molecule has 2 aromatic carbocycles. The Labute approximate surface area is 105 Å². The molecule has 0 spiro atoms. The van der Waals surface area contributed by atoms with Crippen LogP contribution in [0.1, 0.15) is 27.5 Å². The molecule has 0 bridgehead atoms. The van der Waals surface area contributed by atoms with E-state index in [0.717, 1.165) is 11.1 Å². The van der Waals surface area contributed by atoms with Crippen molar-refractivity contribution >= 4 is 5.91 Å². The molecule has 0 saturated heterocycles. The van der Waals surface area contributed by atoms with Crippen molar-refractivity contribution in [2.45, 2.75) is 6.04 Å². The fraction of sp³-hybridized carbons (Fsp3) is 0.133. The van der Waals surface area contributed by atoms with E-state index in [1.165, 1.54) is 0 Å². The highest BCUT2D eigenvalue weighted by Gasteiger charge is 2.35. The summed E-state index contributed by atoms with van der Waals surface area (Å²) >= 11 is 0. The lowest BCUT2D eigenvalue weighted by Crippen LogP contribution is -2.23. The van der Waals surface area contributed by atoms with E-state index >= 15 is 0 Å². The summed E-state index contributed by atoms with van der Waals surface area (Å²) in [6.45, 7) is 0. The van der Waals surface area contributed by atoms with Crippen LogP contribution in [0.2, 0.25) is 0 Å². The Bertz CT molecular complexity index is 621. The summed E-state index contributed by atoms with van der Waals surface area (Å²) in [5.41, 5.74) is 2.43. The van der Waals surface area contributed by atoms with Gasteiger partial charge in [-0.05, 0) is 17.7 Å². The van der Waals surface area contributed by atoms with E-state index in [9.17, 15) is 9.90 Å². The molecule has 1 aliphatic heterocycles. The van der Waals surface area contributed by atoms with Crippen molar-refractivity contribution in [3.05, 3.63) is 65.2 Å². The normalized spacial score (nSPS) is 17.9. The van der Waals surface area contributed by atoms with E-state index in [-0.39, 0.29) is 17.7 Å². The number of rotatable bonds is 1. The Morgan fingerprint density at radius 2 is 1.61 bits per heavy atom. The number of hydrogen-bond acceptors (Lipinski definition) is 2. The first kappa shape index (κ1) is 10.8. The van der Waals surface area contributed by atoms with Crippen LogP contribution in [-0.4, -0.2) is 23.0 Å². The summed E-state index contributed by atoms with van der Waals surface area (Å²) in [7, 11) is 1.76. The smallest absolute Gasteiger partial charge is 0.254 e. The lowest BCUT2D eigenvalue weighted by Gasteiger charge is -2.21. The summed E-state index contributed by atoms with van der Waals surface area (Å²) in [5, 5.41) is 9.96. The fourth-order valence-corrected chi connectivity index (χ4v) is 2.54. The van der Waals surface area contributed by atoms with Gasteiger partial charge >= 0.3 is 0 Å². The largest absolute Gasteiger partial charge is 0.508 e. The molecule has 0 fully saturated rings. The number of benzene rings is 2. The SMILES string of the molecule is CN1C(=O)c2ccccc2[C@@H]1c1ccccc1O. The molecule has 90 valence electrons. The van der Waals surface area contributed by atoms with Crippen LogP contribution in [0.3, 0.4) is 0 Å². The van der Waals surface area contributed by atoms with E-state index < -0.39 is 0 Å². The molecule has 1 aliphatic rings. The van der Waals surface area contributed by atoms with Gasteiger partial charge in [0.15, 0.2) is 0 Å². The summed E-state index contributed by atoms with van der Waals surface area (Å²) < 4.78 is 0. The van der Waals surface area contributed by atoms with Gasteiger partial charge in [0.2, 0.25) is 0 Å². The maximum absolute atomic E-state index is 12.1. The predicted molar refractivity (Wildman–Crippen MR) is 68.5 cm³/mol. The van der Waals surface area contributed by atoms with Crippen molar-refractivity contribution in [3.8, 4) is 5.75 Å². The van der Waals surface area contributed by atoms with Gasteiger partial charge < -0.3 is 10.0 Å². The number of para-hydroxylation sites is 1. The van der Waals surface area contributed by atoms with E-state index in [2.05, 4.69) is 0 Å². The first-order valence-corrected chi connectivity index (χ1v) is 5.84. The van der Waals surface area contributed by atoms with Gasteiger partial charge in [-0.2, -0.15) is 0 Å². The second-order valence-electron chi connectivity index (χ2n) is 4.46. The van der Waals surface area contributed by atoms with Crippen LogP contribution in [0.4, 0.5) is 0 Å². The molecular formula is C15H13NO2. The Kier molecular flexibility index (Phi) is 2.33. The Morgan fingerprint density at radius 1 is 1.00 bits per heavy atom. The zero-order valence-corrected chi connectivity index (χ0v) is 10.00. The zero-order valence-electron chi connectivity index (χ0n) is 10.00. The minimum Gasteiger partial charge on any atom is -0.508 e. The average Bonchev–Trinajstić information content (AvgIpc) is 2.64. The summed E-state index contributed by atoms with van der Waals surface area (Å²) in [5.74, 6) is 0.220. The molecule has 1 heterocycles. The van der Waals surface area contributed by atoms with Crippen molar-refractivity contribution in [3.63, 3.8) is 0 Å². The Hall–Kier alpha value is -2.29. The van der Waals surface area contributed by atoms with Gasteiger partial charge in [0.1, 0.15) is 5.75 Å². The average molecular weight is 239 g/mol. The van der Waals surface area contributed by atoms with Gasteiger partial charge in [0.05, 0.1) is 6.04 Å². The highest BCUT2D eigenvalue weighted by Crippen LogP contribution is 2.40. The molecule has 3 nitrogen and oxygen atoms in total. The molecule has 0 aromatic heterocycles. The van der Waals surface area contributed by atoms with Crippen molar-refractivity contribution in [1.82, 2.24) is 4.90 Å². The minimum absolute atomic E-state index is 0.00106. The standard InChI is InChI=1S/C15H13NO2/c1-16-14(12-8-4-5-9-13(12)17)10-6-2-3-7-11(10)15(16)18/h2-9,14,17H,1H3/t14-/m1/s1. The maximum Gasteiger partial charge on any atom is 0.254 e. The molecule has 0 unspecified atom stereocenters. The Balaban J connectivity index is 2.20. The van der Waals surface area contributed by atoms with E-state index in [1.807, 2.05) is 36.4 Å². The molecule has 2 aromatic rings. The van der Waals surface area contributed by atoms with Crippen LogP contribution < -0.4 is 0 Å². The van der Waals surface area contributed by atoms with E-state index in [4.69, 9.17) is 0 Å². The molecule has 0 radical (unpaired) electrons. The molecule has 1 amide bonds. The maximum atomic E-state index is 12.1. The van der Waals surface area contributed by atoms with Crippen molar-refractivity contribution in [1.29, 1.82) is 0 Å². The van der Waals surface area contributed by atoms with Gasteiger partial charge in [0.25, 0.3) is 5.91 Å². The fourth-order valence-electron chi connectivity index (χ4n) is 2.54. The number of carbonyl (C=O) groups excluding carboxylic acids is 1. The third kappa shape index (κ3) is 1.40. The molecule has 1 N–H and O–H groups in total. The van der Waals surface area contributed by atoms with Gasteiger partial charge in [-0.3, -0.25) is 4.79 Å². The number of amides is 1. The number of phenols is 1. The highest BCUT2D eigenvalue weighted by atomic mass is 16.3. The van der Waals surface area contributed by atoms with Crippen molar-refractivity contribution in [2.24, 2.45) is 0 Å².